The van der Waals surface area contributed by atoms with Crippen LogP contribution in [0.1, 0.15) is 25.7 Å². The predicted molar refractivity (Wildman–Crippen MR) is 63.8 cm³/mol. The Hall–Kier alpha value is -0.810. The lowest BCUT2D eigenvalue weighted by molar-refractivity contribution is 0.103. The Morgan fingerprint density at radius 3 is 3.00 bits per heavy atom. The summed E-state index contributed by atoms with van der Waals surface area (Å²) in [6.45, 7) is 3.08. The first-order chi connectivity index (χ1) is 8.29. The molecule has 2 rings (SSSR count). The van der Waals surface area contributed by atoms with Gasteiger partial charge in [-0.1, -0.05) is 0 Å². The van der Waals surface area contributed by atoms with Crippen molar-refractivity contribution >= 4 is 6.03 Å². The minimum atomic E-state index is -0.0151. The fourth-order valence-corrected chi connectivity index (χ4v) is 2.52. The van der Waals surface area contributed by atoms with Crippen LogP contribution in [-0.4, -0.2) is 55.0 Å². The van der Waals surface area contributed by atoms with Crippen LogP contribution >= 0.6 is 0 Å². The van der Waals surface area contributed by atoms with Gasteiger partial charge in [-0.05, 0) is 31.6 Å². The Morgan fingerprint density at radius 2 is 2.29 bits per heavy atom. The molecule has 5 heteroatoms. The summed E-state index contributed by atoms with van der Waals surface area (Å²) in [6, 6.07) is -0.0151. The Morgan fingerprint density at radius 1 is 1.41 bits per heavy atom. The third-order valence-electron chi connectivity index (χ3n) is 3.57. The number of hydrogen-bond acceptors (Lipinski definition) is 3. The average molecular weight is 242 g/mol. The summed E-state index contributed by atoms with van der Waals surface area (Å²) in [5, 5.41) is 12.0. The third kappa shape index (κ3) is 3.57. The van der Waals surface area contributed by atoms with Crippen LogP contribution in [0.4, 0.5) is 4.79 Å². The van der Waals surface area contributed by atoms with Gasteiger partial charge in [0.15, 0.2) is 0 Å². The standard InChI is InChI=1S/C12H22N2O3/c15-9-10-3-1-5-14(8-10)12(16)13-7-11-4-2-6-17-11/h10-11,15H,1-9H2,(H,13,16). The van der Waals surface area contributed by atoms with E-state index in [1.54, 1.807) is 4.90 Å². The zero-order valence-corrected chi connectivity index (χ0v) is 10.2. The zero-order chi connectivity index (χ0) is 12.1. The molecular weight excluding hydrogens is 220 g/mol. The Kier molecular flexibility index (Phi) is 4.62. The molecule has 0 spiro atoms. The van der Waals surface area contributed by atoms with E-state index in [0.29, 0.717) is 13.1 Å². The molecule has 98 valence electrons. The van der Waals surface area contributed by atoms with Gasteiger partial charge in [0.05, 0.1) is 6.10 Å². The van der Waals surface area contributed by atoms with Crippen LogP contribution in [0.3, 0.4) is 0 Å². The molecule has 2 aliphatic heterocycles. The highest BCUT2D eigenvalue weighted by atomic mass is 16.5. The van der Waals surface area contributed by atoms with Crippen molar-refractivity contribution in [2.24, 2.45) is 5.92 Å². The molecule has 0 aromatic rings. The van der Waals surface area contributed by atoms with E-state index < -0.39 is 0 Å². The molecule has 0 aromatic heterocycles. The van der Waals surface area contributed by atoms with Gasteiger partial charge < -0.3 is 20.1 Å². The van der Waals surface area contributed by atoms with E-state index in [1.807, 2.05) is 0 Å². The van der Waals surface area contributed by atoms with Crippen molar-refractivity contribution in [1.82, 2.24) is 10.2 Å². The highest BCUT2D eigenvalue weighted by Gasteiger charge is 2.24. The first-order valence-corrected chi connectivity index (χ1v) is 6.55. The summed E-state index contributed by atoms with van der Waals surface area (Å²) in [4.78, 5) is 13.7. The molecule has 2 aliphatic rings. The molecule has 0 aliphatic carbocycles. The molecule has 0 radical (unpaired) electrons. The summed E-state index contributed by atoms with van der Waals surface area (Å²) < 4.78 is 5.46. The van der Waals surface area contributed by atoms with Gasteiger partial charge in [0, 0.05) is 32.8 Å². The second-order valence-corrected chi connectivity index (χ2v) is 4.96. The number of rotatable bonds is 3. The fourth-order valence-electron chi connectivity index (χ4n) is 2.52. The van der Waals surface area contributed by atoms with E-state index in [1.165, 1.54) is 0 Å². The molecule has 0 bridgehead atoms. The van der Waals surface area contributed by atoms with Crippen molar-refractivity contribution in [2.75, 3.05) is 32.8 Å². The van der Waals surface area contributed by atoms with Gasteiger partial charge in [0.25, 0.3) is 0 Å². The molecule has 0 aromatic carbocycles. The Labute approximate surface area is 102 Å². The molecule has 5 nitrogen and oxygen atoms in total. The van der Waals surface area contributed by atoms with Gasteiger partial charge in [-0.25, -0.2) is 4.79 Å². The molecule has 0 saturated carbocycles. The van der Waals surface area contributed by atoms with E-state index in [0.717, 1.165) is 38.8 Å². The number of nitrogens with one attached hydrogen (secondary N) is 1. The van der Waals surface area contributed by atoms with Crippen molar-refractivity contribution in [3.8, 4) is 0 Å². The van der Waals surface area contributed by atoms with Crippen LogP contribution in [0.2, 0.25) is 0 Å². The van der Waals surface area contributed by atoms with Crippen LogP contribution in [-0.2, 0) is 4.74 Å². The van der Waals surface area contributed by atoms with Gasteiger partial charge in [0.1, 0.15) is 0 Å². The number of amides is 2. The van der Waals surface area contributed by atoms with Crippen LogP contribution < -0.4 is 5.32 Å². The van der Waals surface area contributed by atoms with Crippen molar-refractivity contribution in [3.05, 3.63) is 0 Å². The van der Waals surface area contributed by atoms with Crippen molar-refractivity contribution in [1.29, 1.82) is 0 Å². The number of aliphatic hydroxyl groups is 1. The van der Waals surface area contributed by atoms with Crippen molar-refractivity contribution < 1.29 is 14.6 Å². The number of carbonyl (C=O) groups is 1. The topological polar surface area (TPSA) is 61.8 Å². The van der Waals surface area contributed by atoms with E-state index in [2.05, 4.69) is 5.32 Å². The summed E-state index contributed by atoms with van der Waals surface area (Å²) >= 11 is 0. The van der Waals surface area contributed by atoms with Gasteiger partial charge in [-0.15, -0.1) is 0 Å². The van der Waals surface area contributed by atoms with E-state index in [9.17, 15) is 4.79 Å². The number of likely N-dealkylation sites (tertiary alicyclic amines) is 1. The van der Waals surface area contributed by atoms with Gasteiger partial charge >= 0.3 is 6.03 Å². The molecule has 2 atom stereocenters. The van der Waals surface area contributed by atoms with Gasteiger partial charge in [-0.3, -0.25) is 0 Å². The fraction of sp³-hybridized carbons (Fsp3) is 0.917. The van der Waals surface area contributed by atoms with E-state index in [4.69, 9.17) is 9.84 Å². The zero-order valence-electron chi connectivity index (χ0n) is 10.2. The van der Waals surface area contributed by atoms with Crippen molar-refractivity contribution in [2.45, 2.75) is 31.8 Å². The lowest BCUT2D eigenvalue weighted by Crippen LogP contribution is -2.47. The van der Waals surface area contributed by atoms with Crippen LogP contribution in [0, 0.1) is 5.92 Å². The highest BCUT2D eigenvalue weighted by molar-refractivity contribution is 5.74. The minimum Gasteiger partial charge on any atom is -0.396 e. The Bertz CT molecular complexity index is 254. The lowest BCUT2D eigenvalue weighted by atomic mass is 9.99. The largest absolute Gasteiger partial charge is 0.396 e. The van der Waals surface area contributed by atoms with Crippen LogP contribution in [0.25, 0.3) is 0 Å². The highest BCUT2D eigenvalue weighted by Crippen LogP contribution is 2.16. The Balaban J connectivity index is 1.71. The normalized spacial score (nSPS) is 29.4. The number of aliphatic hydroxyl groups excluding tert-OH is 1. The van der Waals surface area contributed by atoms with Gasteiger partial charge in [-0.2, -0.15) is 0 Å². The quantitative estimate of drug-likeness (QED) is 0.761. The third-order valence-corrected chi connectivity index (χ3v) is 3.57. The number of urea groups is 1. The predicted octanol–water partition coefficient (Wildman–Crippen LogP) is 0.579. The van der Waals surface area contributed by atoms with E-state index >= 15 is 0 Å². The molecule has 2 heterocycles. The average Bonchev–Trinajstić information content (AvgIpc) is 2.89. The second kappa shape index (κ2) is 6.21. The number of carbonyl (C=O) groups excluding carboxylic acids is 1. The summed E-state index contributed by atoms with van der Waals surface area (Å²) in [7, 11) is 0. The first kappa shape index (κ1) is 12.6. The molecule has 17 heavy (non-hydrogen) atoms. The maximum atomic E-state index is 11.9. The van der Waals surface area contributed by atoms with Crippen LogP contribution in [0.5, 0.6) is 0 Å². The number of nitrogens with zero attached hydrogens (tertiary/aromatic N) is 1. The maximum Gasteiger partial charge on any atom is 0.317 e. The summed E-state index contributed by atoms with van der Waals surface area (Å²) in [6.07, 6.45) is 4.33. The minimum absolute atomic E-state index is 0.0151. The number of ether oxygens (including phenoxy) is 1. The molecule has 2 unspecified atom stereocenters. The lowest BCUT2D eigenvalue weighted by Gasteiger charge is -2.32. The number of piperidine rings is 1. The summed E-state index contributed by atoms with van der Waals surface area (Å²) in [5.74, 6) is 0.247. The molecule has 2 N–H and O–H groups in total. The smallest absolute Gasteiger partial charge is 0.317 e. The monoisotopic (exact) mass is 242 g/mol. The molecular formula is C12H22N2O3. The second-order valence-electron chi connectivity index (χ2n) is 4.96. The van der Waals surface area contributed by atoms with E-state index in [-0.39, 0.29) is 24.7 Å². The van der Waals surface area contributed by atoms with Gasteiger partial charge in [0.2, 0.25) is 0 Å². The molecule has 2 fully saturated rings. The summed E-state index contributed by atoms with van der Waals surface area (Å²) in [5.41, 5.74) is 0. The molecule has 2 saturated heterocycles. The first-order valence-electron chi connectivity index (χ1n) is 6.55. The SMILES string of the molecule is O=C(NCC1CCCO1)N1CCCC(CO)C1. The number of hydrogen-bond donors (Lipinski definition) is 2. The maximum absolute atomic E-state index is 11.9. The van der Waals surface area contributed by atoms with Crippen molar-refractivity contribution in [3.63, 3.8) is 0 Å². The molecule has 2 amide bonds. The van der Waals surface area contributed by atoms with Crippen LogP contribution in [0.15, 0.2) is 0 Å².